The maximum Gasteiger partial charge on any atom is 0.339 e. The van der Waals surface area contributed by atoms with E-state index in [9.17, 15) is 9.59 Å². The molecule has 0 spiro atoms. The largest absolute Gasteiger partial charge is 0.458 e. The van der Waals surface area contributed by atoms with Crippen molar-refractivity contribution in [2.75, 3.05) is 0 Å². The summed E-state index contributed by atoms with van der Waals surface area (Å²) >= 11 is 0. The van der Waals surface area contributed by atoms with Gasteiger partial charge in [-0.25, -0.2) is 4.79 Å². The summed E-state index contributed by atoms with van der Waals surface area (Å²) in [6.07, 6.45) is 1.20. The van der Waals surface area contributed by atoms with Crippen molar-refractivity contribution in [2.45, 2.75) is 44.8 Å². The molecule has 3 fully saturated rings. The van der Waals surface area contributed by atoms with Crippen LogP contribution in [0.3, 0.4) is 0 Å². The molecular formula is C22H22O4. The molecule has 2 saturated carbocycles. The van der Waals surface area contributed by atoms with Crippen LogP contribution in [0.4, 0.5) is 0 Å². The monoisotopic (exact) mass is 350 g/mol. The van der Waals surface area contributed by atoms with Crippen LogP contribution in [0, 0.1) is 17.8 Å². The smallest absolute Gasteiger partial charge is 0.339 e. The molecule has 4 heteroatoms. The Balaban J connectivity index is 1.47. The number of carbonyl (C=O) groups excluding carboxylic acids is 2. The molecule has 0 aromatic heterocycles. The molecule has 2 aromatic rings. The van der Waals surface area contributed by atoms with Crippen LogP contribution in [-0.4, -0.2) is 24.1 Å². The second kappa shape index (κ2) is 5.57. The summed E-state index contributed by atoms with van der Waals surface area (Å²) in [7, 11) is 0. The fourth-order valence-corrected chi connectivity index (χ4v) is 5.26. The molecule has 0 N–H and O–H groups in total. The molecular weight excluding hydrogens is 328 g/mol. The van der Waals surface area contributed by atoms with E-state index in [1.165, 1.54) is 5.56 Å². The quantitative estimate of drug-likeness (QED) is 0.783. The van der Waals surface area contributed by atoms with Gasteiger partial charge in [0.1, 0.15) is 12.2 Å². The third-order valence-corrected chi connectivity index (χ3v) is 6.46. The van der Waals surface area contributed by atoms with Crippen LogP contribution >= 0.6 is 0 Å². The van der Waals surface area contributed by atoms with Crippen LogP contribution in [0.1, 0.15) is 48.5 Å². The van der Waals surface area contributed by atoms with E-state index in [4.69, 9.17) is 9.47 Å². The van der Waals surface area contributed by atoms with Crippen molar-refractivity contribution >= 4 is 22.7 Å². The minimum absolute atomic E-state index is 0.0334. The van der Waals surface area contributed by atoms with Crippen molar-refractivity contribution in [3.63, 3.8) is 0 Å². The fraction of sp³-hybridized carbons (Fsp3) is 0.455. The zero-order valence-electron chi connectivity index (χ0n) is 15.0. The lowest BCUT2D eigenvalue weighted by molar-refractivity contribution is -0.146. The van der Waals surface area contributed by atoms with E-state index in [-0.39, 0.29) is 41.9 Å². The van der Waals surface area contributed by atoms with Crippen LogP contribution in [0.2, 0.25) is 0 Å². The summed E-state index contributed by atoms with van der Waals surface area (Å²) in [6, 6.07) is 11.9. The van der Waals surface area contributed by atoms with E-state index >= 15 is 0 Å². The standard InChI is InChI=1S/C22H22O4/c1-11(2)13-7-8-16(15-6-4-3-5-14(13)15)21(23)25-19-12-9-17-18(10-12)22(24)26-20(17)19/h3-8,11-12,17-20H,9-10H2,1-2H3. The number of rotatable bonds is 3. The molecule has 5 rings (SSSR count). The minimum atomic E-state index is -0.312. The third-order valence-electron chi connectivity index (χ3n) is 6.46. The van der Waals surface area contributed by atoms with Crippen LogP contribution in [-0.2, 0) is 14.3 Å². The topological polar surface area (TPSA) is 52.6 Å². The number of fused-ring (bicyclic) bond motifs is 2. The maximum atomic E-state index is 13.0. The van der Waals surface area contributed by atoms with Gasteiger partial charge in [-0.2, -0.15) is 0 Å². The number of benzene rings is 2. The van der Waals surface area contributed by atoms with Crippen LogP contribution in [0.25, 0.3) is 10.8 Å². The molecule has 3 aliphatic rings. The average Bonchev–Trinajstić information content (AvgIpc) is 3.25. The molecule has 4 nitrogen and oxygen atoms in total. The molecule has 2 aromatic carbocycles. The Morgan fingerprint density at radius 2 is 1.88 bits per heavy atom. The highest BCUT2D eigenvalue weighted by atomic mass is 16.6. The zero-order chi connectivity index (χ0) is 18.0. The molecule has 5 atom stereocenters. The van der Waals surface area contributed by atoms with Crippen LogP contribution < -0.4 is 0 Å². The van der Waals surface area contributed by atoms with Gasteiger partial charge in [-0.1, -0.05) is 44.2 Å². The van der Waals surface area contributed by atoms with Gasteiger partial charge in [0.15, 0.2) is 0 Å². The Kier molecular flexibility index (Phi) is 3.40. The lowest BCUT2D eigenvalue weighted by atomic mass is 9.88. The summed E-state index contributed by atoms with van der Waals surface area (Å²) in [5.41, 5.74) is 1.82. The van der Waals surface area contributed by atoms with Crippen molar-refractivity contribution in [1.82, 2.24) is 0 Å². The Hall–Kier alpha value is -2.36. The molecule has 2 bridgehead atoms. The summed E-state index contributed by atoms with van der Waals surface area (Å²) in [5, 5.41) is 2.02. The summed E-state index contributed by atoms with van der Waals surface area (Å²) in [5.74, 6) is 0.495. The lowest BCUT2D eigenvalue weighted by Crippen LogP contribution is -2.36. The van der Waals surface area contributed by atoms with Gasteiger partial charge in [-0.05, 0) is 41.2 Å². The second-order valence-corrected chi connectivity index (χ2v) is 8.18. The van der Waals surface area contributed by atoms with Crippen molar-refractivity contribution < 1.29 is 19.1 Å². The first-order chi connectivity index (χ1) is 12.5. The first kappa shape index (κ1) is 15.9. The van der Waals surface area contributed by atoms with Crippen molar-refractivity contribution in [1.29, 1.82) is 0 Å². The molecule has 1 aliphatic heterocycles. The summed E-state index contributed by atoms with van der Waals surface area (Å²) in [6.45, 7) is 4.31. The van der Waals surface area contributed by atoms with Crippen molar-refractivity contribution in [3.05, 3.63) is 47.5 Å². The van der Waals surface area contributed by atoms with Gasteiger partial charge in [0, 0.05) is 11.8 Å². The fourth-order valence-electron chi connectivity index (χ4n) is 5.26. The van der Waals surface area contributed by atoms with Crippen LogP contribution in [0.15, 0.2) is 36.4 Å². The first-order valence-electron chi connectivity index (χ1n) is 9.47. The van der Waals surface area contributed by atoms with Gasteiger partial charge in [-0.15, -0.1) is 0 Å². The number of ether oxygens (including phenoxy) is 2. The summed E-state index contributed by atoms with van der Waals surface area (Å²) in [4.78, 5) is 24.9. The van der Waals surface area contributed by atoms with E-state index in [2.05, 4.69) is 19.9 Å². The van der Waals surface area contributed by atoms with Crippen molar-refractivity contribution in [3.8, 4) is 0 Å². The highest BCUT2D eigenvalue weighted by Crippen LogP contribution is 2.55. The van der Waals surface area contributed by atoms with E-state index in [1.807, 2.05) is 30.3 Å². The highest BCUT2D eigenvalue weighted by Gasteiger charge is 2.63. The highest BCUT2D eigenvalue weighted by molar-refractivity contribution is 6.05. The molecule has 5 unspecified atom stereocenters. The number of hydrogen-bond donors (Lipinski definition) is 0. The van der Waals surface area contributed by atoms with Gasteiger partial charge in [0.2, 0.25) is 0 Å². The molecule has 0 amide bonds. The molecule has 26 heavy (non-hydrogen) atoms. The maximum absolute atomic E-state index is 13.0. The SMILES string of the molecule is CC(C)c1ccc(C(=O)OC2C3CC4C(=O)OC2C4C3)c2ccccc12. The molecule has 1 saturated heterocycles. The van der Waals surface area contributed by atoms with Crippen LogP contribution in [0.5, 0.6) is 0 Å². The molecule has 134 valence electrons. The normalized spacial score (nSPS) is 31.7. The van der Waals surface area contributed by atoms with Gasteiger partial charge in [0.05, 0.1) is 11.5 Å². The van der Waals surface area contributed by atoms with Gasteiger partial charge >= 0.3 is 11.9 Å². The number of hydrogen-bond acceptors (Lipinski definition) is 4. The Bertz CT molecular complexity index is 915. The van der Waals surface area contributed by atoms with Crippen molar-refractivity contribution in [2.24, 2.45) is 17.8 Å². The second-order valence-electron chi connectivity index (χ2n) is 8.18. The lowest BCUT2D eigenvalue weighted by Gasteiger charge is -2.25. The number of carbonyl (C=O) groups is 2. The van der Waals surface area contributed by atoms with E-state index in [0.29, 0.717) is 11.5 Å². The molecule has 0 radical (unpaired) electrons. The zero-order valence-corrected chi connectivity index (χ0v) is 15.0. The third kappa shape index (κ3) is 2.14. The molecule has 2 aliphatic carbocycles. The Labute approximate surface area is 152 Å². The van der Waals surface area contributed by atoms with Gasteiger partial charge in [0.25, 0.3) is 0 Å². The molecule has 1 heterocycles. The summed E-state index contributed by atoms with van der Waals surface area (Å²) < 4.78 is 11.4. The predicted molar refractivity (Wildman–Crippen MR) is 96.8 cm³/mol. The van der Waals surface area contributed by atoms with E-state index < -0.39 is 0 Å². The van der Waals surface area contributed by atoms with Gasteiger partial charge < -0.3 is 9.47 Å². The van der Waals surface area contributed by atoms with Gasteiger partial charge in [-0.3, -0.25) is 4.79 Å². The minimum Gasteiger partial charge on any atom is -0.458 e. The first-order valence-corrected chi connectivity index (χ1v) is 9.47. The Morgan fingerprint density at radius 1 is 1.12 bits per heavy atom. The Morgan fingerprint density at radius 3 is 2.65 bits per heavy atom. The predicted octanol–water partition coefficient (Wildman–Crippen LogP) is 4.07. The van der Waals surface area contributed by atoms with E-state index in [0.717, 1.165) is 23.6 Å². The van der Waals surface area contributed by atoms with E-state index in [1.54, 1.807) is 0 Å². The number of esters is 2. The average molecular weight is 350 g/mol.